The molecule has 95 heavy (non-hydrogen) atoms. The van der Waals surface area contributed by atoms with Crippen molar-refractivity contribution in [3.05, 3.63) is 295 Å². The van der Waals surface area contributed by atoms with Gasteiger partial charge in [0.1, 0.15) is 5.82 Å². The van der Waals surface area contributed by atoms with E-state index in [4.69, 9.17) is 9.72 Å². The first-order chi connectivity index (χ1) is 45.0. The van der Waals surface area contributed by atoms with E-state index in [0.717, 1.165) is 77.7 Å². The van der Waals surface area contributed by atoms with Crippen molar-refractivity contribution >= 4 is 44.6 Å². The Balaban J connectivity index is 0.00000818. The molecule has 0 saturated heterocycles. The number of hydrogen-bond donors (Lipinski definition) is 0. The second-order valence-corrected chi connectivity index (χ2v) is 27.2. The molecule has 13 aromatic rings. The number of nitrogens with zero attached hydrogens (tertiary/aromatic N) is 4. The van der Waals surface area contributed by atoms with Gasteiger partial charge in [0.05, 0.1) is 5.56 Å². The predicted molar refractivity (Wildman–Crippen MR) is 373 cm³/mol. The number of halogens is 5. The number of anilines is 4. The van der Waals surface area contributed by atoms with Gasteiger partial charge < -0.3 is 19.1 Å². The van der Waals surface area contributed by atoms with Crippen LogP contribution in [0.1, 0.15) is 79.0 Å². The number of para-hydroxylation sites is 3. The van der Waals surface area contributed by atoms with E-state index in [1.807, 2.05) is 151 Å². The van der Waals surface area contributed by atoms with E-state index in [9.17, 15) is 0 Å². The molecule has 476 valence electrons. The van der Waals surface area contributed by atoms with E-state index in [-0.39, 0.29) is 48.6 Å². The van der Waals surface area contributed by atoms with Gasteiger partial charge in [-0.1, -0.05) is 207 Å². The number of aromatic nitrogens is 2. The Hall–Kier alpha value is -9.89. The predicted octanol–water partition coefficient (Wildman–Crippen LogP) is 23.6. The van der Waals surface area contributed by atoms with Crippen molar-refractivity contribution in [1.29, 1.82) is 0 Å². The summed E-state index contributed by atoms with van der Waals surface area (Å²) in [6.45, 7) is 21.0. The van der Waals surface area contributed by atoms with Gasteiger partial charge in [-0.3, -0.25) is 0 Å². The molecule has 0 N–H and O–H groups in total. The minimum atomic E-state index is -2.25. The second-order valence-electron chi connectivity index (χ2n) is 27.2. The Morgan fingerprint density at radius 2 is 0.874 bits per heavy atom. The van der Waals surface area contributed by atoms with Crippen LogP contribution in [0.15, 0.2) is 231 Å². The van der Waals surface area contributed by atoms with E-state index in [0.29, 0.717) is 50.8 Å². The molecule has 3 heterocycles. The fourth-order valence-electron chi connectivity index (χ4n) is 12.6. The molecule has 14 rings (SSSR count). The Kier molecular flexibility index (Phi) is 16.7. The van der Waals surface area contributed by atoms with E-state index in [2.05, 4.69) is 158 Å². The zero-order valence-corrected chi connectivity index (χ0v) is 56.2. The van der Waals surface area contributed by atoms with Crippen molar-refractivity contribution < 1.29 is 47.8 Å². The molecule has 0 spiro atoms. The van der Waals surface area contributed by atoms with Crippen LogP contribution in [0.3, 0.4) is 0 Å². The molecule has 0 aliphatic carbocycles. The summed E-state index contributed by atoms with van der Waals surface area (Å²) >= 11 is 0. The van der Waals surface area contributed by atoms with Gasteiger partial charge in [0, 0.05) is 72.5 Å². The van der Waals surface area contributed by atoms with Gasteiger partial charge in [-0.15, -0.1) is 53.6 Å². The van der Waals surface area contributed by atoms with Crippen LogP contribution in [0.5, 0.6) is 11.5 Å². The smallest absolute Gasteiger partial charge is 0.200 e. The molecular formula is C84H66F5N4OPt-3. The van der Waals surface area contributed by atoms with E-state index >= 15 is 22.0 Å². The standard InChI is InChI=1S/C84H66F5N4O.Pt/c1-82(2,3)60-35-36-90-74(47-60)93-70-30-20-19-29-66(70)67-34-33-64(49-73(67)93)94-65-43-57(56-38-54(51-23-13-10-14-24-51)37-55(39-56)52-25-15-11-16-26-52)42-63(48-65)91-50-92(72-32-22-21-31-71(72)91)81-68(59-40-61(83(4,5)6)46-62(41-59)84(7,8)9)44-58(53-27-17-12-18-28-53)45-69(81)75-76(85)78(87)80(89)79(88)77(75)86;/h10-47,50H,1-9H3;/q-3;. The summed E-state index contributed by atoms with van der Waals surface area (Å²) in [7, 11) is 0. The van der Waals surface area contributed by atoms with Gasteiger partial charge in [0.15, 0.2) is 23.3 Å². The molecule has 0 radical (unpaired) electrons. The van der Waals surface area contributed by atoms with Gasteiger partial charge in [-0.2, -0.15) is 6.07 Å². The van der Waals surface area contributed by atoms with Crippen LogP contribution < -0.4 is 14.5 Å². The Morgan fingerprint density at radius 3 is 1.44 bits per heavy atom. The monoisotopic (exact) mass is 1440 g/mol. The van der Waals surface area contributed by atoms with Gasteiger partial charge >= 0.3 is 0 Å². The van der Waals surface area contributed by atoms with Crippen LogP contribution in [-0.2, 0) is 37.3 Å². The number of fused-ring (bicyclic) bond motifs is 4. The molecule has 5 nitrogen and oxygen atoms in total. The zero-order valence-electron chi connectivity index (χ0n) is 53.9. The molecule has 2 aromatic heterocycles. The van der Waals surface area contributed by atoms with Crippen molar-refractivity contribution in [2.75, 3.05) is 9.80 Å². The van der Waals surface area contributed by atoms with Crippen LogP contribution in [0.2, 0.25) is 0 Å². The van der Waals surface area contributed by atoms with Crippen LogP contribution >= 0.6 is 0 Å². The molecule has 11 aromatic carbocycles. The SMILES string of the molecule is CC(C)(C)c1cc(-c2cc(-c3ccccc3)cc(-c3c(F)c(F)c(F)c(F)c3F)c2N2[CH-]N(c3[c-]c(Oc4[c-]c5c(cc4)c4ccccc4n5-c4cc(C(C)(C)C)ccn4)cc(-c4cc(-c5ccccc5)cc(-c5ccccc5)c4)c3)c3ccccc32)cc(C(C)(C)C)c1.[Pt]. The molecular weight excluding hydrogens is 1370 g/mol. The summed E-state index contributed by atoms with van der Waals surface area (Å²) in [4.78, 5) is 8.64. The van der Waals surface area contributed by atoms with Gasteiger partial charge in [0.25, 0.3) is 0 Å². The number of hydrogen-bond acceptors (Lipinski definition) is 4. The first-order valence-corrected chi connectivity index (χ1v) is 31.4. The van der Waals surface area contributed by atoms with E-state index in [1.54, 1.807) is 11.6 Å². The third-order valence-electron chi connectivity index (χ3n) is 17.7. The molecule has 0 saturated carbocycles. The Labute approximate surface area is 566 Å². The van der Waals surface area contributed by atoms with Gasteiger partial charge in [0.2, 0.25) is 5.82 Å². The minimum Gasteiger partial charge on any atom is -0.509 e. The molecule has 1 aliphatic heterocycles. The van der Waals surface area contributed by atoms with Crippen molar-refractivity contribution in [3.63, 3.8) is 0 Å². The van der Waals surface area contributed by atoms with E-state index < -0.39 is 34.6 Å². The van der Waals surface area contributed by atoms with Crippen molar-refractivity contribution in [2.45, 2.75) is 78.6 Å². The summed E-state index contributed by atoms with van der Waals surface area (Å²) in [5.41, 5.74) is 12.3. The van der Waals surface area contributed by atoms with Crippen LogP contribution in [0.25, 0.3) is 94.4 Å². The van der Waals surface area contributed by atoms with Crippen LogP contribution in [-0.4, -0.2) is 9.55 Å². The largest absolute Gasteiger partial charge is 0.509 e. The molecule has 1 aliphatic rings. The fourth-order valence-corrected chi connectivity index (χ4v) is 12.6. The number of pyridine rings is 1. The maximum atomic E-state index is 17.1. The molecule has 0 bridgehead atoms. The molecule has 0 atom stereocenters. The quantitative estimate of drug-likeness (QED) is 0.0559. The van der Waals surface area contributed by atoms with Crippen molar-refractivity contribution in [2.24, 2.45) is 0 Å². The second kappa shape index (κ2) is 24.8. The first-order valence-electron chi connectivity index (χ1n) is 31.4. The first kappa shape index (κ1) is 63.8. The van der Waals surface area contributed by atoms with Gasteiger partial charge in [-0.05, 0) is 143 Å². The topological polar surface area (TPSA) is 33.5 Å². The Morgan fingerprint density at radius 1 is 0.389 bits per heavy atom. The minimum absolute atomic E-state index is 0. The molecule has 0 fully saturated rings. The van der Waals surface area contributed by atoms with Crippen LogP contribution in [0, 0.1) is 47.9 Å². The number of benzene rings is 11. The summed E-state index contributed by atoms with van der Waals surface area (Å²) in [5, 5.41) is 1.98. The fraction of sp³-hybridized carbons (Fsp3) is 0.143. The Bertz CT molecular complexity index is 4990. The maximum Gasteiger partial charge on any atom is 0.200 e. The summed E-state index contributed by atoms with van der Waals surface area (Å²) < 4.78 is 90.9. The molecule has 11 heteroatoms. The number of ether oxygens (including phenoxy) is 1. The summed E-state index contributed by atoms with van der Waals surface area (Å²) in [6.07, 6.45) is 1.84. The van der Waals surface area contributed by atoms with Crippen molar-refractivity contribution in [1.82, 2.24) is 9.55 Å². The van der Waals surface area contributed by atoms with E-state index in [1.165, 1.54) is 6.07 Å². The molecule has 0 unspecified atom stereocenters. The summed E-state index contributed by atoms with van der Waals surface area (Å²) in [5.74, 6) is -8.81. The number of rotatable bonds is 11. The zero-order chi connectivity index (χ0) is 65.5. The third kappa shape index (κ3) is 12.0. The van der Waals surface area contributed by atoms with Gasteiger partial charge in [-0.25, -0.2) is 26.9 Å². The average Bonchev–Trinajstić information content (AvgIpc) is 1.72. The average molecular weight is 1440 g/mol. The van der Waals surface area contributed by atoms with Crippen molar-refractivity contribution in [3.8, 4) is 84.1 Å². The normalized spacial score (nSPS) is 12.6. The summed E-state index contributed by atoms with van der Waals surface area (Å²) in [6, 6.07) is 81.1. The third-order valence-corrected chi connectivity index (χ3v) is 17.7. The molecule has 0 amide bonds. The van der Waals surface area contributed by atoms with Crippen LogP contribution in [0.4, 0.5) is 44.7 Å². The maximum absolute atomic E-state index is 17.1.